The van der Waals surface area contributed by atoms with Gasteiger partial charge < -0.3 is 48.8 Å². The molecule has 4 aromatic rings. The number of nitrogens with zero attached hydrogens (tertiary/aromatic N) is 3. The van der Waals surface area contributed by atoms with Gasteiger partial charge in [-0.15, -0.1) is 13.2 Å². The third-order valence-corrected chi connectivity index (χ3v) is 11.2. The van der Waals surface area contributed by atoms with Crippen molar-refractivity contribution in [3.05, 3.63) is 59.1 Å². The van der Waals surface area contributed by atoms with Crippen molar-refractivity contribution in [2.45, 2.75) is 106 Å². The maximum absolute atomic E-state index is 15.4. The SMILES string of the molecule is O=C(OC1OC(C(=O)O)C(O)C(O)C1O)c1cc(F)c2nc(N3C4CCC3CC(OCc3c(-c5ccccc5OC(F)(F)F)noc3C3CC3)C4)sc2c1. The number of para-hydroxylation sites is 1. The number of benzene rings is 2. The summed E-state index contributed by atoms with van der Waals surface area (Å²) in [6, 6.07) is 7.97. The number of carboxylic acids is 1. The van der Waals surface area contributed by atoms with Crippen LogP contribution in [0.3, 0.4) is 0 Å². The number of aliphatic hydroxyl groups excluding tert-OH is 3. The van der Waals surface area contributed by atoms with Crippen LogP contribution in [-0.2, 0) is 25.6 Å². The number of halogens is 4. The van der Waals surface area contributed by atoms with Crippen molar-refractivity contribution >= 4 is 38.6 Å². The van der Waals surface area contributed by atoms with Crippen LogP contribution in [0.4, 0.5) is 22.7 Å². The predicted octanol–water partition coefficient (Wildman–Crippen LogP) is 4.63. The number of fused-ring (bicyclic) bond motifs is 3. The van der Waals surface area contributed by atoms with E-state index < -0.39 is 60.6 Å². The minimum atomic E-state index is -4.90. The number of aliphatic hydroxyl groups is 3. The summed E-state index contributed by atoms with van der Waals surface area (Å²) in [5, 5.41) is 44.1. The van der Waals surface area contributed by atoms with Gasteiger partial charge in [-0.05, 0) is 62.8 Å². The fourth-order valence-electron chi connectivity index (χ4n) is 7.52. The number of aromatic nitrogens is 2. The number of piperidine rings is 1. The van der Waals surface area contributed by atoms with E-state index in [1.165, 1.54) is 24.3 Å². The molecular formula is C35H33F4N3O11S. The van der Waals surface area contributed by atoms with Gasteiger partial charge in [-0.2, -0.15) is 0 Å². The molecule has 2 aromatic carbocycles. The lowest BCUT2D eigenvalue weighted by atomic mass is 9.99. The lowest BCUT2D eigenvalue weighted by Crippen LogP contribution is -2.60. The molecule has 2 aromatic heterocycles. The van der Waals surface area contributed by atoms with E-state index >= 15 is 4.39 Å². The normalized spacial score (nSPS) is 28.4. The van der Waals surface area contributed by atoms with E-state index in [-0.39, 0.29) is 53.0 Å². The van der Waals surface area contributed by atoms with E-state index in [4.69, 9.17) is 18.7 Å². The molecule has 7 atom stereocenters. The van der Waals surface area contributed by atoms with Crippen LogP contribution in [0.15, 0.2) is 40.9 Å². The number of aliphatic carboxylic acids is 1. The highest BCUT2D eigenvalue weighted by atomic mass is 32.1. The van der Waals surface area contributed by atoms with Gasteiger partial charge in [0.05, 0.1) is 23.0 Å². The molecule has 5 heterocycles. The summed E-state index contributed by atoms with van der Waals surface area (Å²) in [6.45, 7) is 0.0692. The number of carboxylic acid groups (broad SMARTS) is 1. The van der Waals surface area contributed by atoms with Gasteiger partial charge in [0.25, 0.3) is 0 Å². The standard InChI is InChI=1S/C35H33F4N3O11S/c36-21-9-15(32(48)51-33-28(45)26(43)27(44)30(50-33)31(46)47)10-23-25(21)40-34(54-23)42-16-7-8-17(42)12-18(11-16)49-13-20-24(41-53-29(20)14-5-6-14)19-3-1-2-4-22(19)52-35(37,38)39/h1-4,9-10,14,16-18,26-28,30,33,43-45H,5-8,11-13H2,(H,46,47). The molecule has 1 saturated carbocycles. The van der Waals surface area contributed by atoms with E-state index in [1.807, 2.05) is 0 Å². The molecule has 3 aliphatic heterocycles. The summed E-state index contributed by atoms with van der Waals surface area (Å²) in [5.74, 6) is -3.34. The highest BCUT2D eigenvalue weighted by molar-refractivity contribution is 7.22. The first-order valence-electron chi connectivity index (χ1n) is 17.2. The molecule has 0 amide bonds. The van der Waals surface area contributed by atoms with Crippen LogP contribution in [0.2, 0.25) is 0 Å². The minimum Gasteiger partial charge on any atom is -0.479 e. The van der Waals surface area contributed by atoms with Crippen molar-refractivity contribution in [3.63, 3.8) is 0 Å². The van der Waals surface area contributed by atoms with Crippen LogP contribution in [0.5, 0.6) is 5.75 Å². The first kappa shape index (κ1) is 36.6. The second-order valence-corrected chi connectivity index (χ2v) is 14.8. The van der Waals surface area contributed by atoms with Gasteiger partial charge >= 0.3 is 18.3 Å². The average molecular weight is 780 g/mol. The molecule has 0 spiro atoms. The van der Waals surface area contributed by atoms with Crippen LogP contribution in [0.1, 0.15) is 66.1 Å². The third-order valence-electron chi connectivity index (χ3n) is 10.2. The molecule has 1 aliphatic carbocycles. The second-order valence-electron chi connectivity index (χ2n) is 13.8. The Morgan fingerprint density at radius 1 is 1.00 bits per heavy atom. The Balaban J connectivity index is 0.963. The number of hydrogen-bond donors (Lipinski definition) is 4. The lowest BCUT2D eigenvalue weighted by Gasteiger charge is -2.38. The fraction of sp³-hybridized carbons (Fsp3) is 0.486. The maximum Gasteiger partial charge on any atom is 0.573 e. The number of rotatable bonds is 10. The number of anilines is 1. The van der Waals surface area contributed by atoms with Crippen molar-refractivity contribution < 1.29 is 71.0 Å². The molecule has 3 saturated heterocycles. The molecule has 0 radical (unpaired) electrons. The molecule has 2 bridgehead atoms. The van der Waals surface area contributed by atoms with Crippen LogP contribution < -0.4 is 9.64 Å². The van der Waals surface area contributed by atoms with Gasteiger partial charge in [-0.3, -0.25) is 0 Å². The summed E-state index contributed by atoms with van der Waals surface area (Å²) < 4.78 is 81.8. The summed E-state index contributed by atoms with van der Waals surface area (Å²) in [4.78, 5) is 31.1. The summed E-state index contributed by atoms with van der Waals surface area (Å²) in [6.07, 6.45) is -10.4. The zero-order chi connectivity index (χ0) is 38.1. The first-order valence-corrected chi connectivity index (χ1v) is 18.0. The Kier molecular flexibility index (Phi) is 9.50. The molecule has 4 fully saturated rings. The van der Waals surface area contributed by atoms with Gasteiger partial charge in [0, 0.05) is 29.1 Å². The quantitative estimate of drug-likeness (QED) is 0.129. The van der Waals surface area contributed by atoms with Gasteiger partial charge in [-0.25, -0.2) is 19.0 Å². The lowest BCUT2D eigenvalue weighted by molar-refractivity contribution is -0.278. The zero-order valence-corrected chi connectivity index (χ0v) is 28.8. The Labute approximate surface area is 306 Å². The van der Waals surface area contributed by atoms with Crippen molar-refractivity contribution in [1.29, 1.82) is 0 Å². The Morgan fingerprint density at radius 2 is 1.72 bits per heavy atom. The van der Waals surface area contributed by atoms with Crippen molar-refractivity contribution in [3.8, 4) is 17.0 Å². The van der Waals surface area contributed by atoms with Gasteiger partial charge in [0.15, 0.2) is 17.1 Å². The van der Waals surface area contributed by atoms with Gasteiger partial charge in [0.2, 0.25) is 6.29 Å². The smallest absolute Gasteiger partial charge is 0.479 e. The maximum atomic E-state index is 15.4. The summed E-state index contributed by atoms with van der Waals surface area (Å²) in [5.41, 5.74) is 0.704. The van der Waals surface area contributed by atoms with Crippen molar-refractivity contribution in [1.82, 2.24) is 10.1 Å². The van der Waals surface area contributed by atoms with Crippen LogP contribution >= 0.6 is 11.3 Å². The van der Waals surface area contributed by atoms with Crippen LogP contribution in [-0.4, -0.2) is 97.8 Å². The minimum absolute atomic E-state index is 0.0125. The van der Waals surface area contributed by atoms with Crippen molar-refractivity contribution in [2.24, 2.45) is 0 Å². The molecule has 8 rings (SSSR count). The number of carbonyl (C=O) groups excluding carboxylic acids is 1. The molecule has 14 nitrogen and oxygen atoms in total. The van der Waals surface area contributed by atoms with Gasteiger partial charge in [-0.1, -0.05) is 28.6 Å². The number of ether oxygens (including phenoxy) is 4. The molecule has 288 valence electrons. The topological polar surface area (TPSA) is 194 Å². The first-order chi connectivity index (χ1) is 25.8. The zero-order valence-electron chi connectivity index (χ0n) is 28.0. The van der Waals surface area contributed by atoms with E-state index in [9.17, 15) is 43.2 Å². The van der Waals surface area contributed by atoms with Crippen molar-refractivity contribution in [2.75, 3.05) is 4.90 Å². The monoisotopic (exact) mass is 779 g/mol. The van der Waals surface area contributed by atoms with Crippen LogP contribution in [0, 0.1) is 5.82 Å². The highest BCUT2D eigenvalue weighted by Crippen LogP contribution is 2.47. The molecular weight excluding hydrogens is 746 g/mol. The number of esters is 1. The predicted molar refractivity (Wildman–Crippen MR) is 177 cm³/mol. The van der Waals surface area contributed by atoms with E-state index in [1.54, 1.807) is 6.07 Å². The number of hydrogen-bond acceptors (Lipinski definition) is 14. The largest absolute Gasteiger partial charge is 0.573 e. The summed E-state index contributed by atoms with van der Waals surface area (Å²) >= 11 is 1.16. The number of carbonyl (C=O) groups is 2. The fourth-order valence-corrected chi connectivity index (χ4v) is 8.68. The third kappa shape index (κ3) is 6.99. The average Bonchev–Trinajstić information content (AvgIpc) is 3.63. The molecule has 7 unspecified atom stereocenters. The van der Waals surface area contributed by atoms with E-state index in [2.05, 4.69) is 19.8 Å². The molecule has 4 N–H and O–H groups in total. The number of alkyl halides is 3. The van der Waals surface area contributed by atoms with E-state index in [0.29, 0.717) is 34.0 Å². The van der Waals surface area contributed by atoms with Gasteiger partial charge in [0.1, 0.15) is 41.0 Å². The highest BCUT2D eigenvalue weighted by Gasteiger charge is 2.49. The Hall–Kier alpha value is -4.40. The molecule has 4 aliphatic rings. The summed E-state index contributed by atoms with van der Waals surface area (Å²) in [7, 11) is 0. The second kappa shape index (κ2) is 14.0. The molecule has 54 heavy (non-hydrogen) atoms. The van der Waals surface area contributed by atoms with E-state index in [0.717, 1.165) is 43.1 Å². The van der Waals surface area contributed by atoms with Crippen LogP contribution in [0.25, 0.3) is 21.5 Å². The Bertz CT molecular complexity index is 2060. The Morgan fingerprint density at radius 3 is 2.41 bits per heavy atom. The molecule has 19 heteroatoms. The number of thiazole rings is 1.